The number of aliphatic carboxylic acids is 1. The molecule has 7 heteroatoms. The van der Waals surface area contributed by atoms with E-state index in [9.17, 15) is 14.7 Å². The summed E-state index contributed by atoms with van der Waals surface area (Å²) in [6.07, 6.45) is 1.77. The van der Waals surface area contributed by atoms with Crippen LogP contribution in [0.15, 0.2) is 58.4 Å². The Morgan fingerprint density at radius 2 is 1.93 bits per heavy atom. The lowest BCUT2D eigenvalue weighted by atomic mass is 10.2. The van der Waals surface area contributed by atoms with E-state index in [1.807, 2.05) is 31.2 Å². The first kappa shape index (κ1) is 18.7. The molecular formula is C20H17N2O4S-. The number of amides is 1. The van der Waals surface area contributed by atoms with Gasteiger partial charge in [0.15, 0.2) is 5.17 Å². The molecule has 2 aromatic rings. The maximum absolute atomic E-state index is 12.5. The molecule has 0 aromatic heterocycles. The minimum atomic E-state index is -1.28. The van der Waals surface area contributed by atoms with Gasteiger partial charge in [0.2, 0.25) is 0 Å². The van der Waals surface area contributed by atoms with Crippen molar-refractivity contribution in [3.8, 4) is 5.75 Å². The van der Waals surface area contributed by atoms with Crippen molar-refractivity contribution in [2.45, 2.75) is 6.92 Å². The predicted octanol–water partition coefficient (Wildman–Crippen LogP) is 2.36. The lowest BCUT2D eigenvalue weighted by molar-refractivity contribution is -0.307. The highest BCUT2D eigenvalue weighted by Crippen LogP contribution is 2.33. The van der Waals surface area contributed by atoms with Crippen LogP contribution >= 0.6 is 11.8 Å². The third kappa shape index (κ3) is 4.57. The monoisotopic (exact) mass is 381 g/mol. The molecule has 138 valence electrons. The van der Waals surface area contributed by atoms with E-state index in [-0.39, 0.29) is 5.91 Å². The number of amidine groups is 1. The van der Waals surface area contributed by atoms with Crippen LogP contribution in [0, 0.1) is 6.92 Å². The Labute approximate surface area is 161 Å². The smallest absolute Gasteiger partial charge is 0.266 e. The quantitative estimate of drug-likeness (QED) is 0.743. The molecule has 0 unspecified atom stereocenters. The number of carboxylic acids is 1. The zero-order valence-electron chi connectivity index (χ0n) is 14.8. The zero-order valence-corrected chi connectivity index (χ0v) is 15.7. The number of carbonyl (C=O) groups is 2. The van der Waals surface area contributed by atoms with Crippen LogP contribution in [0.5, 0.6) is 5.75 Å². The Hall–Kier alpha value is -3.06. The van der Waals surface area contributed by atoms with Gasteiger partial charge in [-0.3, -0.25) is 9.69 Å². The van der Waals surface area contributed by atoms with Gasteiger partial charge in [-0.15, -0.1) is 0 Å². The number of aryl methyl sites for hydroxylation is 1. The normalized spacial score (nSPS) is 17.0. The van der Waals surface area contributed by atoms with Gasteiger partial charge in [-0.1, -0.05) is 30.3 Å². The molecule has 1 heterocycles. The summed E-state index contributed by atoms with van der Waals surface area (Å²) in [4.78, 5) is 29.6. The molecule has 1 aliphatic rings. The number of thioether (sulfide) groups is 1. The summed E-state index contributed by atoms with van der Waals surface area (Å²) in [7, 11) is 1.70. The van der Waals surface area contributed by atoms with E-state index in [1.54, 1.807) is 37.4 Å². The number of para-hydroxylation sites is 1. The third-order valence-corrected chi connectivity index (χ3v) is 4.93. The Morgan fingerprint density at radius 1 is 1.22 bits per heavy atom. The molecule has 1 amide bonds. The summed E-state index contributed by atoms with van der Waals surface area (Å²) in [5.74, 6) is -0.979. The van der Waals surface area contributed by atoms with Crippen molar-refractivity contribution in [3.05, 3.63) is 64.6 Å². The zero-order chi connectivity index (χ0) is 19.4. The molecule has 1 aliphatic heterocycles. The molecule has 1 fully saturated rings. The van der Waals surface area contributed by atoms with E-state index in [0.717, 1.165) is 16.8 Å². The van der Waals surface area contributed by atoms with E-state index in [0.29, 0.717) is 15.8 Å². The highest BCUT2D eigenvalue weighted by molar-refractivity contribution is 8.18. The highest BCUT2D eigenvalue weighted by atomic mass is 32.2. The van der Waals surface area contributed by atoms with E-state index < -0.39 is 12.6 Å². The summed E-state index contributed by atoms with van der Waals surface area (Å²) in [6.45, 7) is 1.47. The largest absolute Gasteiger partial charge is 0.546 e. The second kappa shape index (κ2) is 8.09. The number of aliphatic imine (C=N–C) groups is 1. The van der Waals surface area contributed by atoms with Crippen LogP contribution in [0.3, 0.4) is 0 Å². The first-order valence-electron chi connectivity index (χ1n) is 8.18. The number of rotatable bonds is 5. The van der Waals surface area contributed by atoms with Crippen LogP contribution in [-0.2, 0) is 9.59 Å². The van der Waals surface area contributed by atoms with Gasteiger partial charge < -0.3 is 14.6 Å². The van der Waals surface area contributed by atoms with Gasteiger partial charge in [0.1, 0.15) is 12.4 Å². The minimum Gasteiger partial charge on any atom is -0.546 e. The van der Waals surface area contributed by atoms with Crippen molar-refractivity contribution in [3.63, 3.8) is 0 Å². The lowest BCUT2D eigenvalue weighted by Gasteiger charge is -2.08. The van der Waals surface area contributed by atoms with E-state index in [2.05, 4.69) is 4.99 Å². The van der Waals surface area contributed by atoms with Crippen molar-refractivity contribution in [2.24, 2.45) is 4.99 Å². The van der Waals surface area contributed by atoms with Crippen molar-refractivity contribution >= 4 is 40.6 Å². The minimum absolute atomic E-state index is 0.121. The summed E-state index contributed by atoms with van der Waals surface area (Å²) in [5, 5.41) is 11.0. The van der Waals surface area contributed by atoms with Gasteiger partial charge in [-0.05, 0) is 54.1 Å². The Kier molecular flexibility index (Phi) is 5.61. The predicted molar refractivity (Wildman–Crippen MR) is 104 cm³/mol. The van der Waals surface area contributed by atoms with Gasteiger partial charge in [-0.25, -0.2) is 4.99 Å². The van der Waals surface area contributed by atoms with E-state index >= 15 is 0 Å². The fourth-order valence-electron chi connectivity index (χ4n) is 2.40. The van der Waals surface area contributed by atoms with Crippen LogP contribution in [0.2, 0.25) is 0 Å². The van der Waals surface area contributed by atoms with Gasteiger partial charge in [0, 0.05) is 7.05 Å². The Balaban J connectivity index is 1.78. The molecule has 0 aliphatic carbocycles. The van der Waals surface area contributed by atoms with Gasteiger partial charge in [0.05, 0.1) is 16.6 Å². The number of hydrogen-bond donors (Lipinski definition) is 0. The maximum Gasteiger partial charge on any atom is 0.266 e. The SMILES string of the molecule is Cc1ccccc1N=C1S/C(=C/c2ccc(OCC(=O)[O-])cc2)C(=O)N1C. The van der Waals surface area contributed by atoms with Crippen LogP contribution in [0.4, 0.5) is 5.69 Å². The van der Waals surface area contributed by atoms with E-state index in [4.69, 9.17) is 4.74 Å². The van der Waals surface area contributed by atoms with Gasteiger partial charge in [0.25, 0.3) is 5.91 Å². The Bertz CT molecular complexity index is 935. The molecule has 2 aromatic carbocycles. The first-order valence-corrected chi connectivity index (χ1v) is 9.00. The molecule has 0 bridgehead atoms. The molecule has 0 spiro atoms. The second-order valence-electron chi connectivity index (χ2n) is 5.89. The molecule has 0 atom stereocenters. The molecule has 1 saturated heterocycles. The summed E-state index contributed by atoms with van der Waals surface area (Å²) >= 11 is 1.31. The standard InChI is InChI=1S/C20H18N2O4S/c1-13-5-3-4-6-16(13)21-20-22(2)19(25)17(27-20)11-14-7-9-15(10-8-14)26-12-18(23)24/h3-11H,12H2,1-2H3,(H,23,24)/p-1/b17-11+,21-20?. The number of carbonyl (C=O) groups excluding carboxylic acids is 2. The van der Waals surface area contributed by atoms with Gasteiger partial charge >= 0.3 is 0 Å². The topological polar surface area (TPSA) is 82.0 Å². The van der Waals surface area contributed by atoms with Crippen LogP contribution < -0.4 is 9.84 Å². The van der Waals surface area contributed by atoms with Crippen molar-refractivity contribution in [2.75, 3.05) is 13.7 Å². The number of nitrogens with zero attached hydrogens (tertiary/aromatic N) is 2. The average molecular weight is 381 g/mol. The molecule has 6 nitrogen and oxygen atoms in total. The fourth-order valence-corrected chi connectivity index (χ4v) is 3.38. The van der Waals surface area contributed by atoms with E-state index in [1.165, 1.54) is 16.7 Å². The van der Waals surface area contributed by atoms with Crippen molar-refractivity contribution in [1.82, 2.24) is 4.90 Å². The third-order valence-electron chi connectivity index (χ3n) is 3.87. The first-order chi connectivity index (χ1) is 12.9. The summed E-state index contributed by atoms with van der Waals surface area (Å²) in [5.41, 5.74) is 2.67. The molecule has 0 saturated carbocycles. The molecule has 0 radical (unpaired) electrons. The van der Waals surface area contributed by atoms with Crippen LogP contribution in [0.1, 0.15) is 11.1 Å². The van der Waals surface area contributed by atoms with Gasteiger partial charge in [-0.2, -0.15) is 0 Å². The average Bonchev–Trinajstić information content (AvgIpc) is 2.91. The molecule has 0 N–H and O–H groups in total. The van der Waals surface area contributed by atoms with Crippen LogP contribution in [0.25, 0.3) is 6.08 Å². The van der Waals surface area contributed by atoms with Crippen LogP contribution in [-0.4, -0.2) is 35.6 Å². The van der Waals surface area contributed by atoms with Crippen molar-refractivity contribution < 1.29 is 19.4 Å². The molecular weight excluding hydrogens is 364 g/mol. The Morgan fingerprint density at radius 3 is 2.59 bits per heavy atom. The fraction of sp³-hybridized carbons (Fsp3) is 0.150. The molecule has 3 rings (SSSR count). The number of likely N-dealkylation sites (N-methyl/N-ethyl adjacent to an activating group) is 1. The summed E-state index contributed by atoms with van der Waals surface area (Å²) < 4.78 is 5.04. The number of hydrogen-bond acceptors (Lipinski definition) is 6. The summed E-state index contributed by atoms with van der Waals surface area (Å²) in [6, 6.07) is 14.5. The second-order valence-corrected chi connectivity index (χ2v) is 6.89. The maximum atomic E-state index is 12.5. The molecule has 27 heavy (non-hydrogen) atoms. The number of ether oxygens (including phenoxy) is 1. The lowest BCUT2D eigenvalue weighted by Crippen LogP contribution is -2.28. The number of benzene rings is 2. The highest BCUT2D eigenvalue weighted by Gasteiger charge is 2.30. The van der Waals surface area contributed by atoms with Crippen molar-refractivity contribution in [1.29, 1.82) is 0 Å². The number of carboxylic acid groups (broad SMARTS) is 1.